The van der Waals surface area contributed by atoms with Gasteiger partial charge in [-0.05, 0) is 36.8 Å². The van der Waals surface area contributed by atoms with Gasteiger partial charge in [-0.3, -0.25) is 4.79 Å². The molecule has 1 heterocycles. The lowest BCUT2D eigenvalue weighted by Gasteiger charge is -2.13. The normalized spacial score (nSPS) is 10.5. The molecule has 27 heavy (non-hydrogen) atoms. The van der Waals surface area contributed by atoms with Crippen molar-refractivity contribution in [2.24, 2.45) is 0 Å². The van der Waals surface area contributed by atoms with Gasteiger partial charge >= 0.3 is 0 Å². The third kappa shape index (κ3) is 4.37. The molecule has 0 saturated carbocycles. The summed E-state index contributed by atoms with van der Waals surface area (Å²) in [4.78, 5) is 12.6. The van der Waals surface area contributed by atoms with Gasteiger partial charge in [0.15, 0.2) is 3.95 Å². The number of carbonyl (C=O) groups is 1. The van der Waals surface area contributed by atoms with E-state index in [0.29, 0.717) is 21.1 Å². The number of methoxy groups -OCH3 is 2. The molecule has 0 aliphatic carbocycles. The molecule has 2 aromatic carbocycles. The van der Waals surface area contributed by atoms with E-state index in [1.165, 1.54) is 16.9 Å². The lowest BCUT2D eigenvalue weighted by Crippen LogP contribution is -2.19. The lowest BCUT2D eigenvalue weighted by molar-refractivity contribution is -0.116. The molecule has 0 aliphatic heterocycles. The molecule has 0 fully saturated rings. The van der Waals surface area contributed by atoms with Gasteiger partial charge in [0.05, 0.1) is 25.6 Å². The maximum Gasteiger partial charge on any atom is 0.244 e. The molecule has 0 unspecified atom stereocenters. The van der Waals surface area contributed by atoms with Crippen LogP contribution in [0.4, 0.5) is 5.69 Å². The number of ether oxygens (including phenoxy) is 2. The highest BCUT2D eigenvalue weighted by Gasteiger charge is 2.13. The summed E-state index contributed by atoms with van der Waals surface area (Å²) in [5.74, 6) is 1.02. The Labute approximate surface area is 167 Å². The van der Waals surface area contributed by atoms with E-state index in [0.717, 1.165) is 11.3 Å². The van der Waals surface area contributed by atoms with Crippen molar-refractivity contribution >= 4 is 35.1 Å². The van der Waals surface area contributed by atoms with E-state index in [4.69, 9.17) is 21.7 Å². The Morgan fingerprint density at radius 1 is 1.15 bits per heavy atom. The van der Waals surface area contributed by atoms with Crippen LogP contribution in [0.2, 0.25) is 0 Å². The SMILES string of the molecule is COc1ccc(NC(=O)Cn2c(-c3ccc(C)cc3)csc2=S)c(OC)c1. The summed E-state index contributed by atoms with van der Waals surface area (Å²) in [6.45, 7) is 2.17. The molecule has 7 heteroatoms. The molecule has 3 rings (SSSR count). The van der Waals surface area contributed by atoms with Crippen molar-refractivity contribution in [1.29, 1.82) is 0 Å². The summed E-state index contributed by atoms with van der Waals surface area (Å²) >= 11 is 6.87. The molecule has 0 aliphatic rings. The third-order valence-corrected chi connectivity index (χ3v) is 5.39. The zero-order valence-electron chi connectivity index (χ0n) is 15.3. The summed E-state index contributed by atoms with van der Waals surface area (Å²) in [5, 5.41) is 4.86. The second kappa shape index (κ2) is 8.37. The quantitative estimate of drug-likeness (QED) is 0.597. The van der Waals surface area contributed by atoms with Crippen molar-refractivity contribution in [2.45, 2.75) is 13.5 Å². The minimum atomic E-state index is -0.179. The Hall–Kier alpha value is -2.64. The highest BCUT2D eigenvalue weighted by atomic mass is 32.1. The number of benzene rings is 2. The number of hydrogen-bond acceptors (Lipinski definition) is 5. The van der Waals surface area contributed by atoms with Gasteiger partial charge in [-0.15, -0.1) is 11.3 Å². The third-order valence-electron chi connectivity index (χ3n) is 4.11. The van der Waals surface area contributed by atoms with Gasteiger partial charge in [0.2, 0.25) is 5.91 Å². The van der Waals surface area contributed by atoms with Crippen LogP contribution < -0.4 is 14.8 Å². The summed E-state index contributed by atoms with van der Waals surface area (Å²) in [6.07, 6.45) is 0. The molecule has 0 radical (unpaired) electrons. The van der Waals surface area contributed by atoms with Crippen LogP contribution in [0.1, 0.15) is 5.56 Å². The summed E-state index contributed by atoms with van der Waals surface area (Å²) in [7, 11) is 3.13. The predicted octanol–water partition coefficient (Wildman–Crippen LogP) is 4.91. The topological polar surface area (TPSA) is 52.5 Å². The van der Waals surface area contributed by atoms with Gasteiger partial charge in [0.1, 0.15) is 18.0 Å². The Balaban J connectivity index is 1.82. The van der Waals surface area contributed by atoms with Crippen molar-refractivity contribution in [3.63, 3.8) is 0 Å². The maximum absolute atomic E-state index is 12.6. The van der Waals surface area contributed by atoms with Crippen LogP contribution in [0.5, 0.6) is 11.5 Å². The fourth-order valence-corrected chi connectivity index (χ4v) is 3.74. The van der Waals surface area contributed by atoms with Gasteiger partial charge in [-0.1, -0.05) is 29.8 Å². The monoisotopic (exact) mass is 400 g/mol. The highest BCUT2D eigenvalue weighted by Crippen LogP contribution is 2.29. The molecule has 0 saturated heterocycles. The number of thiazole rings is 1. The first-order valence-corrected chi connectivity index (χ1v) is 9.58. The van der Waals surface area contributed by atoms with E-state index in [-0.39, 0.29) is 12.5 Å². The number of amides is 1. The minimum absolute atomic E-state index is 0.126. The summed E-state index contributed by atoms with van der Waals surface area (Å²) in [5.41, 5.74) is 3.73. The zero-order valence-corrected chi connectivity index (χ0v) is 16.9. The first kappa shape index (κ1) is 19.1. The van der Waals surface area contributed by atoms with Gasteiger partial charge in [0, 0.05) is 11.4 Å². The molecule has 1 aromatic heterocycles. The van der Waals surface area contributed by atoms with E-state index in [1.54, 1.807) is 32.4 Å². The maximum atomic E-state index is 12.6. The van der Waals surface area contributed by atoms with E-state index in [2.05, 4.69) is 5.32 Å². The number of hydrogen-bond donors (Lipinski definition) is 1. The van der Waals surface area contributed by atoms with Crippen molar-refractivity contribution < 1.29 is 14.3 Å². The highest BCUT2D eigenvalue weighted by molar-refractivity contribution is 7.73. The van der Waals surface area contributed by atoms with Crippen LogP contribution in [0, 0.1) is 10.9 Å². The van der Waals surface area contributed by atoms with Crippen LogP contribution in [-0.2, 0) is 11.3 Å². The average molecular weight is 401 g/mol. The Morgan fingerprint density at radius 3 is 2.56 bits per heavy atom. The standard InChI is InChI=1S/C20H20N2O3S2/c1-13-4-6-14(7-5-13)17-12-27-20(26)22(17)11-19(23)21-16-9-8-15(24-2)10-18(16)25-3/h4-10,12H,11H2,1-3H3,(H,21,23). The fourth-order valence-electron chi connectivity index (χ4n) is 2.66. The van der Waals surface area contributed by atoms with Crippen LogP contribution in [0.3, 0.4) is 0 Å². The van der Waals surface area contributed by atoms with Crippen molar-refractivity contribution in [3.8, 4) is 22.8 Å². The van der Waals surface area contributed by atoms with Gasteiger partial charge < -0.3 is 19.4 Å². The van der Waals surface area contributed by atoms with Crippen molar-refractivity contribution in [1.82, 2.24) is 4.57 Å². The number of rotatable bonds is 6. The summed E-state index contributed by atoms with van der Waals surface area (Å²) in [6, 6.07) is 13.4. The van der Waals surface area contributed by atoms with Gasteiger partial charge in [-0.25, -0.2) is 0 Å². The number of aromatic nitrogens is 1. The van der Waals surface area contributed by atoms with E-state index >= 15 is 0 Å². The fraction of sp³-hybridized carbons (Fsp3) is 0.200. The van der Waals surface area contributed by atoms with Crippen LogP contribution in [0.15, 0.2) is 47.8 Å². The lowest BCUT2D eigenvalue weighted by atomic mass is 10.1. The molecular weight excluding hydrogens is 380 g/mol. The largest absolute Gasteiger partial charge is 0.497 e. The van der Waals surface area contributed by atoms with Crippen LogP contribution >= 0.6 is 23.6 Å². The average Bonchev–Trinajstić information content (AvgIpc) is 3.03. The predicted molar refractivity (Wildman–Crippen MR) is 111 cm³/mol. The molecule has 5 nitrogen and oxygen atoms in total. The molecule has 1 amide bonds. The van der Waals surface area contributed by atoms with Gasteiger partial charge in [-0.2, -0.15) is 0 Å². The first-order chi connectivity index (χ1) is 13.0. The van der Waals surface area contributed by atoms with Crippen LogP contribution in [0.25, 0.3) is 11.3 Å². The first-order valence-electron chi connectivity index (χ1n) is 8.29. The second-order valence-corrected chi connectivity index (χ2v) is 7.46. The van der Waals surface area contributed by atoms with Crippen molar-refractivity contribution in [2.75, 3.05) is 19.5 Å². The number of carbonyl (C=O) groups excluding carboxylic acids is 1. The smallest absolute Gasteiger partial charge is 0.244 e. The van der Waals surface area contributed by atoms with Gasteiger partial charge in [0.25, 0.3) is 0 Å². The molecule has 0 atom stereocenters. The molecule has 3 aromatic rings. The van der Waals surface area contributed by atoms with Crippen LogP contribution in [-0.4, -0.2) is 24.7 Å². The molecule has 0 bridgehead atoms. The minimum Gasteiger partial charge on any atom is -0.497 e. The Morgan fingerprint density at radius 2 is 1.89 bits per heavy atom. The number of aryl methyl sites for hydroxylation is 1. The summed E-state index contributed by atoms with van der Waals surface area (Å²) < 4.78 is 13.0. The molecule has 0 spiro atoms. The zero-order chi connectivity index (χ0) is 19.4. The van der Waals surface area contributed by atoms with Crippen molar-refractivity contribution in [3.05, 3.63) is 57.4 Å². The Kier molecular flexibility index (Phi) is 5.93. The van der Waals surface area contributed by atoms with E-state index in [9.17, 15) is 4.79 Å². The molecule has 140 valence electrons. The Bertz CT molecular complexity index is 1010. The number of nitrogens with one attached hydrogen (secondary N) is 1. The molecular formula is C20H20N2O3S2. The van der Waals surface area contributed by atoms with E-state index < -0.39 is 0 Å². The molecule has 1 N–H and O–H groups in total. The number of anilines is 1. The second-order valence-electron chi connectivity index (χ2n) is 5.95. The van der Waals surface area contributed by atoms with E-state index in [1.807, 2.05) is 41.1 Å². The number of nitrogens with zero attached hydrogens (tertiary/aromatic N) is 1.